The summed E-state index contributed by atoms with van der Waals surface area (Å²) in [5.74, 6) is 7.16. The number of fused-ring (bicyclic) bond motifs is 7. The van der Waals surface area contributed by atoms with Crippen molar-refractivity contribution in [3.63, 3.8) is 0 Å². The Labute approximate surface area is 193 Å². The Bertz CT molecular complexity index is 711. The first kappa shape index (κ1) is 22.7. The molecule has 0 heterocycles. The van der Waals surface area contributed by atoms with E-state index in [1.807, 2.05) is 0 Å². The lowest BCUT2D eigenvalue weighted by Crippen LogP contribution is -2.66. The highest BCUT2D eigenvalue weighted by Crippen LogP contribution is 2.75. The third-order valence-electron chi connectivity index (χ3n) is 13.9. The Morgan fingerprint density at radius 2 is 1.35 bits per heavy atom. The molecular weight excluding hydrogens is 376 g/mol. The van der Waals surface area contributed by atoms with Gasteiger partial charge in [-0.2, -0.15) is 0 Å². The molecule has 1 N–H and O–H groups in total. The topological polar surface area (TPSA) is 20.2 Å². The van der Waals surface area contributed by atoms with Crippen molar-refractivity contribution < 1.29 is 5.11 Å². The number of rotatable bonds is 0. The lowest BCUT2D eigenvalue weighted by molar-refractivity contribution is -0.249. The average Bonchev–Trinajstić information content (AvgIpc) is 2.69. The summed E-state index contributed by atoms with van der Waals surface area (Å²) in [6, 6.07) is 0. The standard InChI is InChI=1S/C30H52O/c1-18-17-19(2)21-11-15-29(7)22(26(21)20(18)3)9-10-24-28(6)14-13-25(31)27(4,5)23(28)12-16-30(24,29)8/h18-26,31H,9-17H2,1-8H3. The fraction of sp³-hybridized carbons (Fsp3) is 1.00. The second kappa shape index (κ2) is 6.99. The molecule has 0 aromatic heterocycles. The summed E-state index contributed by atoms with van der Waals surface area (Å²) >= 11 is 0. The first-order valence-corrected chi connectivity index (χ1v) is 14.1. The highest BCUT2D eigenvalue weighted by atomic mass is 16.3. The van der Waals surface area contributed by atoms with Crippen LogP contribution in [-0.4, -0.2) is 11.2 Å². The lowest BCUT2D eigenvalue weighted by atomic mass is 9.32. The third-order valence-corrected chi connectivity index (χ3v) is 13.9. The summed E-state index contributed by atoms with van der Waals surface area (Å²) < 4.78 is 0. The molecule has 0 aromatic rings. The smallest absolute Gasteiger partial charge is 0.0594 e. The molecule has 31 heavy (non-hydrogen) atoms. The minimum Gasteiger partial charge on any atom is -0.393 e. The third kappa shape index (κ3) is 2.77. The summed E-state index contributed by atoms with van der Waals surface area (Å²) in [6.07, 6.45) is 12.3. The van der Waals surface area contributed by atoms with Crippen LogP contribution >= 0.6 is 0 Å². The maximum atomic E-state index is 10.9. The van der Waals surface area contributed by atoms with Gasteiger partial charge < -0.3 is 5.11 Å². The van der Waals surface area contributed by atoms with E-state index in [0.717, 1.165) is 47.8 Å². The maximum Gasteiger partial charge on any atom is 0.0594 e. The Kier molecular flexibility index (Phi) is 5.13. The van der Waals surface area contributed by atoms with Gasteiger partial charge >= 0.3 is 0 Å². The Morgan fingerprint density at radius 3 is 2.06 bits per heavy atom. The molecule has 1 heteroatoms. The molecule has 5 fully saturated rings. The minimum atomic E-state index is -0.108. The summed E-state index contributed by atoms with van der Waals surface area (Å²) in [4.78, 5) is 0. The molecule has 0 bridgehead atoms. The molecule has 0 amide bonds. The SMILES string of the molecule is CC1CC(C)C2CCC3(C)C(CCC4C5(C)CCC(O)C(C)(C)C5CCC43C)C2C1C. The molecule has 1 nitrogen and oxygen atoms in total. The van der Waals surface area contributed by atoms with E-state index in [1.165, 1.54) is 51.4 Å². The van der Waals surface area contributed by atoms with Crippen LogP contribution < -0.4 is 0 Å². The van der Waals surface area contributed by atoms with Gasteiger partial charge in [-0.1, -0.05) is 55.4 Å². The number of hydrogen-bond donors (Lipinski definition) is 1. The molecule has 5 aliphatic rings. The van der Waals surface area contributed by atoms with Crippen molar-refractivity contribution in [1.82, 2.24) is 0 Å². The van der Waals surface area contributed by atoms with Gasteiger partial charge in [0.1, 0.15) is 0 Å². The quantitative estimate of drug-likeness (QED) is 0.415. The average molecular weight is 429 g/mol. The summed E-state index contributed by atoms with van der Waals surface area (Å²) in [5, 5.41) is 10.9. The summed E-state index contributed by atoms with van der Waals surface area (Å²) in [6.45, 7) is 20.7. The normalized spacial score (nSPS) is 60.9. The van der Waals surface area contributed by atoms with E-state index in [1.54, 1.807) is 0 Å². The van der Waals surface area contributed by atoms with Gasteiger partial charge in [0, 0.05) is 0 Å². The maximum absolute atomic E-state index is 10.9. The van der Waals surface area contributed by atoms with Crippen molar-refractivity contribution in [3.8, 4) is 0 Å². The molecule has 178 valence electrons. The van der Waals surface area contributed by atoms with Gasteiger partial charge in [-0.05, 0) is 127 Å². The van der Waals surface area contributed by atoms with Crippen LogP contribution in [0.5, 0.6) is 0 Å². The van der Waals surface area contributed by atoms with Gasteiger partial charge in [-0.25, -0.2) is 0 Å². The first-order valence-electron chi connectivity index (χ1n) is 14.1. The van der Waals surface area contributed by atoms with Crippen LogP contribution in [0, 0.1) is 69.0 Å². The van der Waals surface area contributed by atoms with Crippen molar-refractivity contribution in [3.05, 3.63) is 0 Å². The fourth-order valence-corrected chi connectivity index (χ4v) is 11.8. The second-order valence-corrected chi connectivity index (χ2v) is 14.9. The van der Waals surface area contributed by atoms with Crippen molar-refractivity contribution >= 4 is 0 Å². The Hall–Kier alpha value is -0.0400. The van der Waals surface area contributed by atoms with E-state index in [-0.39, 0.29) is 11.5 Å². The van der Waals surface area contributed by atoms with Crippen LogP contribution in [0.25, 0.3) is 0 Å². The number of aliphatic hydroxyl groups is 1. The van der Waals surface area contributed by atoms with Gasteiger partial charge in [-0.15, -0.1) is 0 Å². The van der Waals surface area contributed by atoms with E-state index in [0.29, 0.717) is 22.2 Å². The zero-order valence-electron chi connectivity index (χ0n) is 22.0. The molecule has 5 aliphatic carbocycles. The molecule has 5 saturated carbocycles. The van der Waals surface area contributed by atoms with Gasteiger partial charge in [0.2, 0.25) is 0 Å². The highest BCUT2D eigenvalue weighted by molar-refractivity contribution is 5.17. The molecule has 12 atom stereocenters. The van der Waals surface area contributed by atoms with E-state index < -0.39 is 0 Å². The van der Waals surface area contributed by atoms with Gasteiger partial charge in [0.05, 0.1) is 6.10 Å². The van der Waals surface area contributed by atoms with Crippen LogP contribution in [0.2, 0.25) is 0 Å². The zero-order chi connectivity index (χ0) is 22.6. The number of aliphatic hydroxyl groups excluding tert-OH is 1. The van der Waals surface area contributed by atoms with E-state index in [9.17, 15) is 5.11 Å². The molecule has 0 aliphatic heterocycles. The predicted octanol–water partition coefficient (Wildman–Crippen LogP) is 7.96. The van der Waals surface area contributed by atoms with Gasteiger partial charge in [-0.3, -0.25) is 0 Å². The lowest BCUT2D eigenvalue weighted by Gasteiger charge is -2.73. The largest absolute Gasteiger partial charge is 0.393 e. The van der Waals surface area contributed by atoms with Crippen molar-refractivity contribution in [1.29, 1.82) is 0 Å². The van der Waals surface area contributed by atoms with Crippen molar-refractivity contribution in [2.45, 2.75) is 119 Å². The molecular formula is C30H52O. The molecule has 0 saturated heterocycles. The molecule has 0 aromatic carbocycles. The highest BCUT2D eigenvalue weighted by Gasteiger charge is 2.68. The summed E-state index contributed by atoms with van der Waals surface area (Å²) in [5.41, 5.74) is 1.48. The van der Waals surface area contributed by atoms with Crippen molar-refractivity contribution in [2.75, 3.05) is 0 Å². The van der Waals surface area contributed by atoms with Crippen LogP contribution in [0.1, 0.15) is 113 Å². The predicted molar refractivity (Wildman–Crippen MR) is 131 cm³/mol. The van der Waals surface area contributed by atoms with Gasteiger partial charge in [0.15, 0.2) is 0 Å². The molecule has 12 unspecified atom stereocenters. The zero-order valence-corrected chi connectivity index (χ0v) is 22.0. The van der Waals surface area contributed by atoms with E-state index in [2.05, 4.69) is 55.4 Å². The monoisotopic (exact) mass is 428 g/mol. The second-order valence-electron chi connectivity index (χ2n) is 14.9. The minimum absolute atomic E-state index is 0.0759. The Morgan fingerprint density at radius 1 is 0.677 bits per heavy atom. The van der Waals surface area contributed by atoms with E-state index >= 15 is 0 Å². The van der Waals surface area contributed by atoms with E-state index in [4.69, 9.17) is 0 Å². The first-order chi connectivity index (χ1) is 14.4. The summed E-state index contributed by atoms with van der Waals surface area (Å²) in [7, 11) is 0. The molecule has 5 rings (SSSR count). The van der Waals surface area contributed by atoms with Crippen LogP contribution in [0.3, 0.4) is 0 Å². The molecule has 0 spiro atoms. The fourth-order valence-electron chi connectivity index (χ4n) is 11.8. The molecule has 0 radical (unpaired) electrons. The van der Waals surface area contributed by atoms with Crippen LogP contribution in [0.15, 0.2) is 0 Å². The number of hydrogen-bond acceptors (Lipinski definition) is 1. The Balaban J connectivity index is 1.52. The van der Waals surface area contributed by atoms with Crippen molar-refractivity contribution in [2.24, 2.45) is 69.0 Å². The van der Waals surface area contributed by atoms with Gasteiger partial charge in [0.25, 0.3) is 0 Å². The van der Waals surface area contributed by atoms with Crippen LogP contribution in [-0.2, 0) is 0 Å². The van der Waals surface area contributed by atoms with Crippen LogP contribution in [0.4, 0.5) is 0 Å².